The average Bonchev–Trinajstić information content (AvgIpc) is 2.63. The molecule has 0 N–H and O–H groups in total. The van der Waals surface area contributed by atoms with Gasteiger partial charge in [0, 0.05) is 11.3 Å². The summed E-state index contributed by atoms with van der Waals surface area (Å²) in [6.45, 7) is 0. The van der Waals surface area contributed by atoms with Crippen LogP contribution in [0.5, 0.6) is 0 Å². The minimum absolute atomic E-state index is 0.0278. The molecule has 0 aliphatic heterocycles. The van der Waals surface area contributed by atoms with Gasteiger partial charge in [-0.15, -0.1) is 0 Å². The second kappa shape index (κ2) is 7.16. The standard InChI is InChI=1S/C19H16F3N3O/c20-19(21,22)16-11-17(13-7-3-1-4-8-13)25(18(26)15(16)12-23)24-14-9-5-2-6-10-14/h1,3-4,7-8,11H,2,5-6,9-10H2. The summed E-state index contributed by atoms with van der Waals surface area (Å²) in [5.41, 5.74) is -1.99. The van der Waals surface area contributed by atoms with Crippen molar-refractivity contribution in [3.8, 4) is 17.3 Å². The molecule has 1 heterocycles. The van der Waals surface area contributed by atoms with Crippen molar-refractivity contribution in [1.29, 1.82) is 5.26 Å². The van der Waals surface area contributed by atoms with Gasteiger partial charge in [0.1, 0.15) is 11.6 Å². The summed E-state index contributed by atoms with van der Waals surface area (Å²) in [5, 5.41) is 13.5. The number of alkyl halides is 3. The van der Waals surface area contributed by atoms with E-state index in [1.807, 2.05) is 0 Å². The Morgan fingerprint density at radius 2 is 1.73 bits per heavy atom. The van der Waals surface area contributed by atoms with Crippen LogP contribution < -0.4 is 5.56 Å². The monoisotopic (exact) mass is 359 g/mol. The molecule has 2 aromatic rings. The topological polar surface area (TPSA) is 58.1 Å². The van der Waals surface area contributed by atoms with E-state index in [1.165, 1.54) is 6.07 Å². The maximum Gasteiger partial charge on any atom is 0.417 e. The highest BCUT2D eigenvalue weighted by molar-refractivity contribution is 5.85. The molecular weight excluding hydrogens is 343 g/mol. The SMILES string of the molecule is N#Cc1c(C(F)(F)F)cc(-c2ccccc2)n(N=C2CCCCC2)c1=O. The highest BCUT2D eigenvalue weighted by Gasteiger charge is 2.36. The zero-order valence-corrected chi connectivity index (χ0v) is 13.9. The molecule has 1 fully saturated rings. The third-order valence-corrected chi connectivity index (χ3v) is 4.34. The Hall–Kier alpha value is -2.88. The molecule has 1 aliphatic rings. The molecule has 7 heteroatoms. The Bertz CT molecular complexity index is 929. The number of halogens is 3. The largest absolute Gasteiger partial charge is 0.417 e. The molecule has 1 aromatic carbocycles. The Kier molecular flexibility index (Phi) is 4.94. The normalized spacial score (nSPS) is 14.8. The smallest absolute Gasteiger partial charge is 0.266 e. The number of nitrogens with zero attached hydrogens (tertiary/aromatic N) is 3. The Balaban J connectivity index is 2.31. The van der Waals surface area contributed by atoms with E-state index in [0.717, 1.165) is 35.7 Å². The Morgan fingerprint density at radius 3 is 2.31 bits per heavy atom. The predicted molar refractivity (Wildman–Crippen MR) is 91.8 cm³/mol. The van der Waals surface area contributed by atoms with E-state index in [4.69, 9.17) is 5.26 Å². The van der Waals surface area contributed by atoms with Crippen LogP contribution in [0.2, 0.25) is 0 Å². The molecule has 0 radical (unpaired) electrons. The van der Waals surface area contributed by atoms with Crippen molar-refractivity contribution in [3.05, 3.63) is 57.9 Å². The maximum absolute atomic E-state index is 13.4. The average molecular weight is 359 g/mol. The first-order valence-electron chi connectivity index (χ1n) is 8.31. The lowest BCUT2D eigenvalue weighted by Crippen LogP contribution is -2.27. The number of nitriles is 1. The molecule has 3 rings (SSSR count). The van der Waals surface area contributed by atoms with Crippen LogP contribution >= 0.6 is 0 Å². The Labute approximate surface area is 148 Å². The molecule has 0 unspecified atom stereocenters. The maximum atomic E-state index is 13.4. The van der Waals surface area contributed by atoms with Crippen LogP contribution in [0.4, 0.5) is 13.2 Å². The molecule has 26 heavy (non-hydrogen) atoms. The lowest BCUT2D eigenvalue weighted by atomic mass is 9.99. The lowest BCUT2D eigenvalue weighted by molar-refractivity contribution is -0.137. The summed E-state index contributed by atoms with van der Waals surface area (Å²) < 4.78 is 41.0. The van der Waals surface area contributed by atoms with Gasteiger partial charge in [-0.1, -0.05) is 36.8 Å². The van der Waals surface area contributed by atoms with Crippen molar-refractivity contribution in [2.24, 2.45) is 5.10 Å². The predicted octanol–water partition coefficient (Wildman–Crippen LogP) is 4.57. The van der Waals surface area contributed by atoms with E-state index in [0.29, 0.717) is 18.4 Å². The van der Waals surface area contributed by atoms with E-state index in [2.05, 4.69) is 5.10 Å². The van der Waals surface area contributed by atoms with E-state index >= 15 is 0 Å². The van der Waals surface area contributed by atoms with Crippen LogP contribution in [-0.4, -0.2) is 10.4 Å². The number of rotatable bonds is 2. The van der Waals surface area contributed by atoms with Gasteiger partial charge in [-0.05, 0) is 31.7 Å². The van der Waals surface area contributed by atoms with Crippen LogP contribution in [-0.2, 0) is 6.18 Å². The molecule has 0 amide bonds. The van der Waals surface area contributed by atoms with E-state index in [1.54, 1.807) is 30.3 Å². The fourth-order valence-electron chi connectivity index (χ4n) is 3.05. The fourth-order valence-corrected chi connectivity index (χ4v) is 3.05. The van der Waals surface area contributed by atoms with Crippen molar-refractivity contribution < 1.29 is 13.2 Å². The molecule has 0 atom stereocenters. The molecule has 0 bridgehead atoms. The van der Waals surface area contributed by atoms with Crippen LogP contribution in [0, 0.1) is 11.3 Å². The summed E-state index contributed by atoms with van der Waals surface area (Å²) in [6, 6.07) is 10.5. The van der Waals surface area contributed by atoms with Crippen LogP contribution in [0.1, 0.15) is 43.2 Å². The van der Waals surface area contributed by atoms with Crippen molar-refractivity contribution >= 4 is 5.71 Å². The van der Waals surface area contributed by atoms with Gasteiger partial charge >= 0.3 is 6.18 Å². The van der Waals surface area contributed by atoms with Crippen molar-refractivity contribution in [2.45, 2.75) is 38.3 Å². The highest BCUT2D eigenvalue weighted by Crippen LogP contribution is 2.33. The van der Waals surface area contributed by atoms with Crippen LogP contribution in [0.15, 0.2) is 46.3 Å². The summed E-state index contributed by atoms with van der Waals surface area (Å²) >= 11 is 0. The molecule has 1 aliphatic carbocycles. The van der Waals surface area contributed by atoms with E-state index < -0.39 is 22.9 Å². The zero-order chi connectivity index (χ0) is 18.7. The zero-order valence-electron chi connectivity index (χ0n) is 13.9. The molecule has 1 aromatic heterocycles. The van der Waals surface area contributed by atoms with Gasteiger partial charge in [0.25, 0.3) is 5.56 Å². The molecule has 1 saturated carbocycles. The molecule has 0 saturated heterocycles. The number of hydrogen-bond acceptors (Lipinski definition) is 3. The summed E-state index contributed by atoms with van der Waals surface area (Å²) in [7, 11) is 0. The second-order valence-electron chi connectivity index (χ2n) is 6.14. The molecular formula is C19H16F3N3O. The van der Waals surface area contributed by atoms with Gasteiger partial charge in [-0.25, -0.2) is 0 Å². The van der Waals surface area contributed by atoms with Gasteiger partial charge in [0.2, 0.25) is 0 Å². The summed E-state index contributed by atoms with van der Waals surface area (Å²) in [5.74, 6) is 0. The molecule has 0 spiro atoms. The van der Waals surface area contributed by atoms with Gasteiger partial charge in [0.15, 0.2) is 0 Å². The van der Waals surface area contributed by atoms with E-state index in [9.17, 15) is 18.0 Å². The first-order chi connectivity index (χ1) is 12.4. The van der Waals surface area contributed by atoms with Crippen molar-refractivity contribution in [2.75, 3.05) is 0 Å². The van der Waals surface area contributed by atoms with Gasteiger partial charge in [0.05, 0.1) is 11.3 Å². The van der Waals surface area contributed by atoms with Gasteiger partial charge in [-0.3, -0.25) is 4.79 Å². The number of benzene rings is 1. The van der Waals surface area contributed by atoms with Crippen LogP contribution in [0.3, 0.4) is 0 Å². The third-order valence-electron chi connectivity index (χ3n) is 4.34. The number of hydrogen-bond donors (Lipinski definition) is 0. The second-order valence-corrected chi connectivity index (χ2v) is 6.14. The van der Waals surface area contributed by atoms with Gasteiger partial charge < -0.3 is 0 Å². The first-order valence-corrected chi connectivity index (χ1v) is 8.31. The third kappa shape index (κ3) is 3.54. The summed E-state index contributed by atoms with van der Waals surface area (Å²) in [6.07, 6.45) is -0.478. The van der Waals surface area contributed by atoms with Crippen LogP contribution in [0.25, 0.3) is 11.3 Å². The lowest BCUT2D eigenvalue weighted by Gasteiger charge is -2.17. The molecule has 4 nitrogen and oxygen atoms in total. The minimum Gasteiger partial charge on any atom is -0.266 e. The fraction of sp³-hybridized carbons (Fsp3) is 0.316. The van der Waals surface area contributed by atoms with Gasteiger partial charge in [-0.2, -0.15) is 28.2 Å². The summed E-state index contributed by atoms with van der Waals surface area (Å²) in [4.78, 5) is 12.7. The highest BCUT2D eigenvalue weighted by atomic mass is 19.4. The quantitative estimate of drug-likeness (QED) is 0.788. The van der Waals surface area contributed by atoms with Crippen molar-refractivity contribution in [1.82, 2.24) is 4.68 Å². The first kappa shape index (κ1) is 17.9. The minimum atomic E-state index is -4.80. The Morgan fingerprint density at radius 1 is 1.08 bits per heavy atom. The van der Waals surface area contributed by atoms with Crippen molar-refractivity contribution in [3.63, 3.8) is 0 Å². The number of aromatic nitrogens is 1. The molecule has 134 valence electrons. The van der Waals surface area contributed by atoms with E-state index in [-0.39, 0.29) is 5.69 Å². The number of pyridine rings is 1.